The molecule has 3 aliphatic heterocycles. The maximum atomic E-state index is 12.1. The Morgan fingerprint density at radius 1 is 1.30 bits per heavy atom. The molecule has 0 saturated carbocycles. The van der Waals surface area contributed by atoms with Gasteiger partial charge in [0.25, 0.3) is 5.69 Å². The van der Waals surface area contributed by atoms with Crippen LogP contribution in [0.2, 0.25) is 0 Å². The van der Waals surface area contributed by atoms with Crippen LogP contribution in [0.1, 0.15) is 18.4 Å². The van der Waals surface area contributed by atoms with E-state index in [2.05, 4.69) is 37.5 Å². The van der Waals surface area contributed by atoms with Crippen molar-refractivity contribution in [2.45, 2.75) is 24.7 Å². The molecule has 3 aromatic rings. The highest BCUT2D eigenvalue weighted by Crippen LogP contribution is 2.45. The minimum Gasteiger partial charge on any atom is -0.495 e. The fraction of sp³-hybridized carbons (Fsp3) is 0.385. The number of benzene rings is 1. The molecule has 6 rings (SSSR count). The van der Waals surface area contributed by atoms with Crippen LogP contribution in [0.3, 0.4) is 0 Å². The molecule has 2 N–H and O–H groups in total. The van der Waals surface area contributed by atoms with E-state index >= 15 is 0 Å². The Morgan fingerprint density at radius 3 is 2.86 bits per heavy atom. The topological polar surface area (TPSA) is 113 Å². The summed E-state index contributed by atoms with van der Waals surface area (Å²) >= 11 is 0. The highest BCUT2D eigenvalue weighted by molar-refractivity contribution is 5.95. The van der Waals surface area contributed by atoms with Crippen LogP contribution in [-0.2, 0) is 7.05 Å². The van der Waals surface area contributed by atoms with Gasteiger partial charge in [-0.3, -0.25) is 20.0 Å². The molecule has 1 unspecified atom stereocenters. The Labute approximate surface area is 214 Å². The third-order valence-electron chi connectivity index (χ3n) is 7.85. The van der Waals surface area contributed by atoms with Gasteiger partial charge in [0, 0.05) is 62.1 Å². The standard InChI is InChI=1S/C26H30N8O3/c1-31-14-17(24-20(31)6-4-9-27-24)18-7-10-28-25(29-18)30-19-12-22(34(35)36)21(13-23(19)37-3)33-15-26(16-33)8-5-11-32(26)2/h4,6-7,9-10,12-14,25,29-30H,5,8,11,15-16H2,1-3H3. The minimum absolute atomic E-state index is 0.0487. The number of methoxy groups -OCH3 is 1. The number of likely N-dealkylation sites (N-methyl/N-ethyl adjacent to an activating group) is 1. The summed E-state index contributed by atoms with van der Waals surface area (Å²) in [7, 11) is 5.70. The third kappa shape index (κ3) is 3.86. The van der Waals surface area contributed by atoms with Crippen molar-refractivity contribution in [3.8, 4) is 5.75 Å². The van der Waals surface area contributed by atoms with Gasteiger partial charge in [-0.05, 0) is 44.6 Å². The summed E-state index contributed by atoms with van der Waals surface area (Å²) in [5.41, 5.74) is 4.97. The quantitative estimate of drug-likeness (QED) is 0.390. The molecule has 5 heterocycles. The number of fused-ring (bicyclic) bond motifs is 1. The molecule has 2 aromatic heterocycles. The molecule has 2 fully saturated rings. The summed E-state index contributed by atoms with van der Waals surface area (Å²) in [6, 6.07) is 7.25. The van der Waals surface area contributed by atoms with E-state index < -0.39 is 6.29 Å². The number of allylic oxidation sites excluding steroid dienone is 1. The van der Waals surface area contributed by atoms with E-state index in [0.29, 0.717) is 17.1 Å². The predicted octanol–water partition coefficient (Wildman–Crippen LogP) is 3.19. The number of hydrogen-bond donors (Lipinski definition) is 2. The molecule has 1 atom stereocenters. The number of rotatable bonds is 6. The fourth-order valence-electron chi connectivity index (χ4n) is 5.78. The molecule has 0 aliphatic carbocycles. The van der Waals surface area contributed by atoms with Crippen LogP contribution < -0.4 is 20.3 Å². The van der Waals surface area contributed by atoms with Crippen molar-refractivity contribution < 1.29 is 9.66 Å². The van der Waals surface area contributed by atoms with Crippen LogP contribution in [0.15, 0.2) is 47.7 Å². The summed E-state index contributed by atoms with van der Waals surface area (Å²) < 4.78 is 7.69. The van der Waals surface area contributed by atoms with E-state index in [1.807, 2.05) is 36.0 Å². The largest absolute Gasteiger partial charge is 0.495 e. The van der Waals surface area contributed by atoms with Gasteiger partial charge < -0.3 is 24.8 Å². The lowest BCUT2D eigenvalue weighted by Crippen LogP contribution is -2.67. The number of nitrogens with one attached hydrogen (secondary N) is 2. The van der Waals surface area contributed by atoms with Crippen molar-refractivity contribution in [3.05, 3.63) is 58.4 Å². The summed E-state index contributed by atoms with van der Waals surface area (Å²) in [4.78, 5) is 25.3. The Balaban J connectivity index is 1.25. The average Bonchev–Trinajstić information content (AvgIpc) is 3.43. The van der Waals surface area contributed by atoms with Crippen molar-refractivity contribution in [2.24, 2.45) is 12.0 Å². The molecule has 37 heavy (non-hydrogen) atoms. The molecule has 1 aromatic carbocycles. The summed E-state index contributed by atoms with van der Waals surface area (Å²) in [6.07, 6.45) is 9.15. The Hall–Kier alpha value is -4.12. The average molecular weight is 503 g/mol. The van der Waals surface area contributed by atoms with Crippen molar-refractivity contribution >= 4 is 40.0 Å². The third-order valence-corrected chi connectivity index (χ3v) is 7.85. The smallest absolute Gasteiger partial charge is 0.294 e. The first kappa shape index (κ1) is 23.3. The molecule has 11 heteroatoms. The monoisotopic (exact) mass is 502 g/mol. The minimum atomic E-state index is -0.544. The molecule has 1 spiro atoms. The molecular formula is C26H30N8O3. The Bertz CT molecular complexity index is 1440. The second-order valence-corrected chi connectivity index (χ2v) is 10.00. The van der Waals surface area contributed by atoms with E-state index in [4.69, 9.17) is 4.74 Å². The van der Waals surface area contributed by atoms with Crippen LogP contribution in [0, 0.1) is 10.1 Å². The van der Waals surface area contributed by atoms with Crippen molar-refractivity contribution in [1.29, 1.82) is 0 Å². The van der Waals surface area contributed by atoms with Crippen molar-refractivity contribution in [2.75, 3.05) is 44.0 Å². The normalized spacial score (nSPS) is 20.6. The predicted molar refractivity (Wildman–Crippen MR) is 144 cm³/mol. The second kappa shape index (κ2) is 8.77. The lowest BCUT2D eigenvalue weighted by Gasteiger charge is -2.52. The van der Waals surface area contributed by atoms with Gasteiger partial charge in [0.1, 0.15) is 11.4 Å². The van der Waals surface area contributed by atoms with E-state index in [1.165, 1.54) is 6.42 Å². The van der Waals surface area contributed by atoms with Gasteiger partial charge in [0.15, 0.2) is 6.29 Å². The van der Waals surface area contributed by atoms with Gasteiger partial charge in [-0.2, -0.15) is 0 Å². The molecule has 0 radical (unpaired) electrons. The molecule has 192 valence electrons. The molecular weight excluding hydrogens is 472 g/mol. The number of anilines is 2. The molecule has 0 bridgehead atoms. The highest BCUT2D eigenvalue weighted by atomic mass is 16.6. The van der Waals surface area contributed by atoms with E-state index in [9.17, 15) is 10.1 Å². The van der Waals surface area contributed by atoms with Gasteiger partial charge >= 0.3 is 0 Å². The van der Waals surface area contributed by atoms with Crippen LogP contribution in [0.4, 0.5) is 17.1 Å². The number of nitro groups is 1. The van der Waals surface area contributed by atoms with E-state index in [0.717, 1.165) is 48.3 Å². The van der Waals surface area contributed by atoms with Crippen LogP contribution in [0.5, 0.6) is 5.75 Å². The van der Waals surface area contributed by atoms with E-state index in [-0.39, 0.29) is 16.1 Å². The zero-order chi connectivity index (χ0) is 25.7. The Morgan fingerprint density at radius 2 is 2.14 bits per heavy atom. The van der Waals surface area contributed by atoms with Gasteiger partial charge in [-0.15, -0.1) is 0 Å². The molecule has 2 saturated heterocycles. The number of hydrogen-bond acceptors (Lipinski definition) is 9. The molecule has 0 amide bonds. The first-order chi connectivity index (χ1) is 17.9. The lowest BCUT2D eigenvalue weighted by molar-refractivity contribution is -0.384. The fourth-order valence-corrected chi connectivity index (χ4v) is 5.78. The first-order valence-corrected chi connectivity index (χ1v) is 12.4. The number of ether oxygens (including phenoxy) is 1. The van der Waals surface area contributed by atoms with Crippen molar-refractivity contribution in [3.63, 3.8) is 0 Å². The van der Waals surface area contributed by atoms with Crippen molar-refractivity contribution in [1.82, 2.24) is 19.8 Å². The highest BCUT2D eigenvalue weighted by Gasteiger charge is 2.49. The van der Waals surface area contributed by atoms with Crippen LogP contribution >= 0.6 is 0 Å². The van der Waals surface area contributed by atoms with Crippen LogP contribution in [0.25, 0.3) is 16.7 Å². The van der Waals surface area contributed by atoms with E-state index in [1.54, 1.807) is 31.7 Å². The maximum Gasteiger partial charge on any atom is 0.294 e. The number of likely N-dealkylation sites (tertiary alicyclic amines) is 1. The van der Waals surface area contributed by atoms with Gasteiger partial charge in [0.2, 0.25) is 0 Å². The maximum absolute atomic E-state index is 12.1. The SMILES string of the molecule is COc1cc(N2CC3(CCCN3C)C2)c([N+](=O)[O-])cc1NC1N=CC=C(c2cn(C)c3cccnc23)N1. The van der Waals surface area contributed by atoms with Crippen LogP contribution in [-0.4, -0.2) is 71.2 Å². The summed E-state index contributed by atoms with van der Waals surface area (Å²) in [5.74, 6) is 0.529. The number of aliphatic imine (C=N–C) groups is 1. The zero-order valence-corrected chi connectivity index (χ0v) is 21.1. The second-order valence-electron chi connectivity index (χ2n) is 10.00. The molecule has 11 nitrogen and oxygen atoms in total. The number of aryl methyl sites for hydroxylation is 1. The molecule has 3 aliphatic rings. The number of nitrogens with zero attached hydrogens (tertiary/aromatic N) is 6. The number of aromatic nitrogens is 2. The Kier molecular flexibility index (Phi) is 5.52. The summed E-state index contributed by atoms with van der Waals surface area (Å²) in [5, 5.41) is 18.7. The van der Waals surface area contributed by atoms with Gasteiger partial charge in [-0.25, -0.2) is 4.99 Å². The number of nitro benzene ring substituents is 1. The first-order valence-electron chi connectivity index (χ1n) is 12.4. The zero-order valence-electron chi connectivity index (χ0n) is 21.1. The van der Waals surface area contributed by atoms with Gasteiger partial charge in [-0.1, -0.05) is 0 Å². The van der Waals surface area contributed by atoms with Gasteiger partial charge in [0.05, 0.1) is 34.3 Å². The lowest BCUT2D eigenvalue weighted by atomic mass is 9.86. The summed E-state index contributed by atoms with van der Waals surface area (Å²) in [6.45, 7) is 2.63. The number of pyridine rings is 1.